The predicted octanol–water partition coefficient (Wildman–Crippen LogP) is 1.60. The molecular formula is C12H14N2O3. The number of nitrogens with zero attached hydrogens (tertiary/aromatic N) is 2. The zero-order chi connectivity index (χ0) is 12.6. The highest BCUT2D eigenvalue weighted by Crippen LogP contribution is 2.17. The highest BCUT2D eigenvalue weighted by molar-refractivity contribution is 5.84. The van der Waals surface area contributed by atoms with E-state index in [1.165, 1.54) is 4.57 Å². The zero-order valence-corrected chi connectivity index (χ0v) is 10.1. The van der Waals surface area contributed by atoms with Gasteiger partial charge in [0.2, 0.25) is 0 Å². The standard InChI is InChI=1S/C12H14N2O3/c1-12(2,3)9(15)7-14-10-8(17-11(14)16)5-4-6-13-10/h4-6H,7H2,1-3H3. The van der Waals surface area contributed by atoms with Crippen molar-refractivity contribution in [2.75, 3.05) is 0 Å². The highest BCUT2D eigenvalue weighted by atomic mass is 16.4. The fraction of sp³-hybridized carbons (Fsp3) is 0.417. The van der Waals surface area contributed by atoms with Gasteiger partial charge in [-0.05, 0) is 12.1 Å². The van der Waals surface area contributed by atoms with Gasteiger partial charge in [-0.1, -0.05) is 20.8 Å². The van der Waals surface area contributed by atoms with E-state index in [0.717, 1.165) is 0 Å². The number of pyridine rings is 1. The van der Waals surface area contributed by atoms with Crippen molar-refractivity contribution >= 4 is 17.0 Å². The van der Waals surface area contributed by atoms with Gasteiger partial charge in [0.1, 0.15) is 0 Å². The Kier molecular flexibility index (Phi) is 2.61. The van der Waals surface area contributed by atoms with Gasteiger partial charge in [-0.25, -0.2) is 9.78 Å². The average Bonchev–Trinajstić information content (AvgIpc) is 2.54. The lowest BCUT2D eigenvalue weighted by molar-refractivity contribution is -0.126. The summed E-state index contributed by atoms with van der Waals surface area (Å²) in [7, 11) is 0. The van der Waals surface area contributed by atoms with Crippen molar-refractivity contribution in [2.45, 2.75) is 27.3 Å². The summed E-state index contributed by atoms with van der Waals surface area (Å²) in [5.74, 6) is -0.579. The summed E-state index contributed by atoms with van der Waals surface area (Å²) in [6.07, 6.45) is 1.56. The maximum Gasteiger partial charge on any atom is 0.421 e. The van der Waals surface area contributed by atoms with Crippen LogP contribution in [0.25, 0.3) is 11.2 Å². The van der Waals surface area contributed by atoms with E-state index in [1.807, 2.05) is 20.8 Å². The van der Waals surface area contributed by atoms with Crippen LogP contribution in [-0.4, -0.2) is 15.3 Å². The normalized spacial score (nSPS) is 11.9. The van der Waals surface area contributed by atoms with Gasteiger partial charge in [0, 0.05) is 11.6 Å². The van der Waals surface area contributed by atoms with Crippen LogP contribution in [0.4, 0.5) is 0 Å². The Morgan fingerprint density at radius 3 is 2.82 bits per heavy atom. The van der Waals surface area contributed by atoms with Crippen LogP contribution in [0.1, 0.15) is 20.8 Å². The number of rotatable bonds is 2. The number of oxazole rings is 1. The molecule has 2 aromatic heterocycles. The molecule has 0 saturated heterocycles. The summed E-state index contributed by atoms with van der Waals surface area (Å²) in [5, 5.41) is 0. The molecule has 0 saturated carbocycles. The van der Waals surface area contributed by atoms with Crippen molar-refractivity contribution in [1.82, 2.24) is 9.55 Å². The van der Waals surface area contributed by atoms with Gasteiger partial charge in [-0.3, -0.25) is 9.36 Å². The Morgan fingerprint density at radius 1 is 1.47 bits per heavy atom. The molecule has 17 heavy (non-hydrogen) atoms. The quantitative estimate of drug-likeness (QED) is 0.791. The summed E-state index contributed by atoms with van der Waals surface area (Å²) >= 11 is 0. The van der Waals surface area contributed by atoms with E-state index >= 15 is 0 Å². The van der Waals surface area contributed by atoms with Gasteiger partial charge in [-0.15, -0.1) is 0 Å². The second kappa shape index (κ2) is 3.84. The Labute approximate surface area is 98.1 Å². The van der Waals surface area contributed by atoms with Gasteiger partial charge in [0.25, 0.3) is 0 Å². The number of carbonyl (C=O) groups is 1. The zero-order valence-electron chi connectivity index (χ0n) is 10.1. The average molecular weight is 234 g/mol. The monoisotopic (exact) mass is 234 g/mol. The molecule has 0 amide bonds. The van der Waals surface area contributed by atoms with Crippen molar-refractivity contribution in [3.05, 3.63) is 28.9 Å². The van der Waals surface area contributed by atoms with Crippen LogP contribution >= 0.6 is 0 Å². The topological polar surface area (TPSA) is 65.1 Å². The molecular weight excluding hydrogens is 220 g/mol. The van der Waals surface area contributed by atoms with Crippen molar-refractivity contribution in [3.8, 4) is 0 Å². The molecule has 2 rings (SSSR count). The number of fused-ring (bicyclic) bond motifs is 1. The van der Waals surface area contributed by atoms with Gasteiger partial charge < -0.3 is 4.42 Å². The largest absolute Gasteiger partial charge is 0.421 e. The molecule has 0 aromatic carbocycles. The van der Waals surface area contributed by atoms with E-state index in [2.05, 4.69) is 4.98 Å². The van der Waals surface area contributed by atoms with Crippen molar-refractivity contribution < 1.29 is 9.21 Å². The lowest BCUT2D eigenvalue weighted by Crippen LogP contribution is -2.29. The van der Waals surface area contributed by atoms with Gasteiger partial charge in [0.15, 0.2) is 17.0 Å². The minimum Gasteiger partial charge on any atom is -0.406 e. The summed E-state index contributed by atoms with van der Waals surface area (Å²) in [4.78, 5) is 27.6. The maximum atomic E-state index is 11.9. The first-order valence-electron chi connectivity index (χ1n) is 5.37. The molecule has 5 heteroatoms. The van der Waals surface area contributed by atoms with Crippen LogP contribution in [0, 0.1) is 5.41 Å². The lowest BCUT2D eigenvalue weighted by atomic mass is 9.91. The number of ketones is 1. The van der Waals surface area contributed by atoms with Crippen LogP contribution in [-0.2, 0) is 11.3 Å². The molecule has 0 unspecified atom stereocenters. The molecule has 2 heterocycles. The Bertz CT molecular complexity index is 616. The van der Waals surface area contributed by atoms with Gasteiger partial charge >= 0.3 is 5.76 Å². The second-order valence-electron chi connectivity index (χ2n) is 4.95. The first-order chi connectivity index (χ1) is 7.89. The second-order valence-corrected chi connectivity index (χ2v) is 4.95. The van der Waals surface area contributed by atoms with E-state index in [-0.39, 0.29) is 12.3 Å². The van der Waals surface area contributed by atoms with Crippen molar-refractivity contribution in [2.24, 2.45) is 5.41 Å². The molecule has 2 aromatic rings. The molecule has 5 nitrogen and oxygen atoms in total. The van der Waals surface area contributed by atoms with Gasteiger partial charge in [-0.2, -0.15) is 0 Å². The number of hydrogen-bond acceptors (Lipinski definition) is 4. The molecule has 0 aliphatic carbocycles. The fourth-order valence-corrected chi connectivity index (χ4v) is 1.42. The first kappa shape index (κ1) is 11.6. The SMILES string of the molecule is CC(C)(C)C(=O)Cn1c(=O)oc2cccnc21. The third-order valence-corrected chi connectivity index (χ3v) is 2.56. The summed E-state index contributed by atoms with van der Waals surface area (Å²) in [6.45, 7) is 5.44. The molecule has 0 fully saturated rings. The third-order valence-electron chi connectivity index (χ3n) is 2.56. The summed E-state index contributed by atoms with van der Waals surface area (Å²) in [5.41, 5.74) is 0.326. The predicted molar refractivity (Wildman–Crippen MR) is 62.7 cm³/mol. The molecule has 0 atom stereocenters. The van der Waals surface area contributed by atoms with Crippen LogP contribution in [0.5, 0.6) is 0 Å². The number of aromatic nitrogens is 2. The number of Topliss-reactive ketones (excluding diaryl/α,β-unsaturated/α-hetero) is 1. The highest BCUT2D eigenvalue weighted by Gasteiger charge is 2.23. The molecule has 0 N–H and O–H groups in total. The van der Waals surface area contributed by atoms with Crippen molar-refractivity contribution in [3.63, 3.8) is 0 Å². The Balaban J connectivity index is 2.46. The Hall–Kier alpha value is -1.91. The third kappa shape index (κ3) is 2.13. The molecule has 0 spiro atoms. The molecule has 0 radical (unpaired) electrons. The van der Waals surface area contributed by atoms with Crippen LogP contribution in [0.3, 0.4) is 0 Å². The van der Waals surface area contributed by atoms with Crippen molar-refractivity contribution in [1.29, 1.82) is 0 Å². The van der Waals surface area contributed by atoms with Crippen LogP contribution in [0.15, 0.2) is 27.5 Å². The molecule has 0 bridgehead atoms. The van der Waals surface area contributed by atoms with E-state index in [4.69, 9.17) is 4.42 Å². The van der Waals surface area contributed by atoms with E-state index in [9.17, 15) is 9.59 Å². The fourth-order valence-electron chi connectivity index (χ4n) is 1.42. The number of carbonyl (C=O) groups excluding carboxylic acids is 1. The van der Waals surface area contributed by atoms with E-state index in [1.54, 1.807) is 18.3 Å². The minimum absolute atomic E-state index is 0.00759. The summed E-state index contributed by atoms with van der Waals surface area (Å²) < 4.78 is 6.27. The first-order valence-corrected chi connectivity index (χ1v) is 5.37. The Morgan fingerprint density at radius 2 is 2.18 bits per heavy atom. The number of hydrogen-bond donors (Lipinski definition) is 0. The van der Waals surface area contributed by atoms with E-state index < -0.39 is 11.2 Å². The summed E-state index contributed by atoms with van der Waals surface area (Å²) in [6, 6.07) is 3.34. The lowest BCUT2D eigenvalue weighted by Gasteiger charge is -2.16. The maximum absolute atomic E-state index is 11.9. The molecule has 0 aliphatic heterocycles. The molecule has 0 aliphatic rings. The van der Waals surface area contributed by atoms with Gasteiger partial charge in [0.05, 0.1) is 6.54 Å². The van der Waals surface area contributed by atoms with Crippen LogP contribution < -0.4 is 5.76 Å². The molecule has 90 valence electrons. The van der Waals surface area contributed by atoms with Crippen LogP contribution in [0.2, 0.25) is 0 Å². The van der Waals surface area contributed by atoms with E-state index in [0.29, 0.717) is 11.2 Å². The smallest absolute Gasteiger partial charge is 0.406 e. The minimum atomic E-state index is -0.545.